The fraction of sp³-hybridized carbons (Fsp3) is 0.936. The molecule has 5 N–H and O–H groups in total. The van der Waals surface area contributed by atoms with Gasteiger partial charge in [-0.05, 0) is 455 Å². The number of hydrogen-bond donors (Lipinski definition) is 5. The van der Waals surface area contributed by atoms with Gasteiger partial charge in [0.05, 0.1) is 54.3 Å². The van der Waals surface area contributed by atoms with E-state index in [9.17, 15) is 55.4 Å². The first-order valence-corrected chi connectivity index (χ1v) is 67.8. The van der Waals surface area contributed by atoms with Gasteiger partial charge in [-0.25, -0.2) is 10.1 Å². The predicted molar refractivity (Wildman–Crippen MR) is 509 cm³/mol. The second-order valence-electron chi connectivity index (χ2n) is 47.3. The Labute approximate surface area is 815 Å². The molecular weight excluding hydrogens is 1620 g/mol. The predicted octanol–water partition coefficient (Wildman–Crippen LogP) is 25.9. The Hall–Kier alpha value is -0.0173. The van der Waals surface area contributed by atoms with Gasteiger partial charge >= 0.3 is 69.1 Å². The molecule has 0 aromatic rings. The standard InChI is InChI=1S/C22H35N.C21H33NO.C20H31NO2.C20H32O2.C20H30O2.C2H4O4.5CH4.2K/c1-4-22-12-9-15(2)13-16(22)5-7-18-19-8-6-17(14-23)21(19,3)11-10-20(18)22;1-3-21-11-8-16(23)12-14(21)4-6-17-18-7-5-15(13-22)20(18,2)10-9-19(17)21;1-19-8-7-18-16(17(19)5-3-14(19)11-21)4-2-13-10-15(23)6-9-20(13,18)12-22;2*1-3-20-11-8-14(21)12-13(20)4-5-15-16-6-7-18(22)19(16,2)10-9-17(15)20;1-2(3)5-6-4;;;;;;;/h15-20H,4-13H2,1-3H3;14-19,23H,3-12H2,1-2H3;13-18,22-23H,2-10,12H2,1H3;13-17,21H,3-12H2,1-2H3;13,15-17H,3-12H2,1-2H3;4H,1H3;5*1H4;;/t15-,16+,17-,18+,19+,20+,21-,22+;14-,15+,16+,17-,18-,19-,20+,21-;13-,14+,15+,16-,17-,18-,19+,20+;13-,14+,15-,16-,17-,19-,20-;13-,15-,16-,17-,19-,20-;;;;;;;;/m10000......../s1. The minimum absolute atomic E-state index is 0. The van der Waals surface area contributed by atoms with Gasteiger partial charge in [0.2, 0.25) is 0 Å². The van der Waals surface area contributed by atoms with E-state index in [1.807, 2.05) is 0 Å². The fourth-order valence-corrected chi connectivity index (χ4v) is 38.6. The number of nitriles is 3. The summed E-state index contributed by atoms with van der Waals surface area (Å²) in [6.07, 6.45) is 58.5. The van der Waals surface area contributed by atoms with E-state index in [4.69, 9.17) is 5.26 Å². The van der Waals surface area contributed by atoms with Gasteiger partial charge < -0.3 is 20.4 Å². The van der Waals surface area contributed by atoms with E-state index in [0.717, 1.165) is 212 Å². The van der Waals surface area contributed by atoms with Crippen molar-refractivity contribution in [3.05, 3.63) is 0 Å². The Morgan fingerprint density at radius 2 is 0.675 bits per heavy atom. The van der Waals surface area contributed by atoms with Crippen molar-refractivity contribution in [2.24, 2.45) is 196 Å². The average molecular weight is 1800 g/mol. The molecule has 0 aromatic carbocycles. The summed E-state index contributed by atoms with van der Waals surface area (Å²) in [7, 11) is 0. The molecule has 0 amide bonds. The Kier molecular flexibility index (Phi) is 38.6. The molecule has 14 nitrogen and oxygen atoms in total. The number of rotatable bonds is 6. The van der Waals surface area contributed by atoms with Crippen LogP contribution in [0.4, 0.5) is 0 Å². The summed E-state index contributed by atoms with van der Waals surface area (Å²) in [5, 5.41) is 79.8. The number of hydrogen-bond acceptors (Lipinski definition) is 14. The van der Waals surface area contributed by atoms with E-state index in [-0.39, 0.29) is 83.0 Å². The fourth-order valence-electron chi connectivity index (χ4n) is 38.6. The van der Waals surface area contributed by atoms with E-state index >= 15 is 0 Å². The zero-order chi connectivity index (χ0) is 86.8. The van der Waals surface area contributed by atoms with Crippen LogP contribution in [0.15, 0.2) is 0 Å². The van der Waals surface area contributed by atoms with Crippen molar-refractivity contribution < 1.29 is 54.8 Å². The van der Waals surface area contributed by atoms with Crippen LogP contribution in [-0.4, -0.2) is 137 Å². The van der Waals surface area contributed by atoms with Crippen molar-refractivity contribution in [1.82, 2.24) is 0 Å². The van der Waals surface area contributed by atoms with Crippen LogP contribution in [0, 0.1) is 230 Å². The van der Waals surface area contributed by atoms with Crippen molar-refractivity contribution in [1.29, 1.82) is 15.8 Å². The third kappa shape index (κ3) is 19.0. The Balaban J connectivity index is 0.000000173. The third-order valence-electron chi connectivity index (χ3n) is 44.8. The third-order valence-corrected chi connectivity index (χ3v) is 44.8. The molecular formula is C110H185K2N3O11. The van der Waals surface area contributed by atoms with Crippen molar-refractivity contribution >= 4 is 86.5 Å². The van der Waals surface area contributed by atoms with Crippen LogP contribution in [0.2, 0.25) is 0 Å². The summed E-state index contributed by atoms with van der Waals surface area (Å²) >= 11 is 2.50. The van der Waals surface area contributed by atoms with Gasteiger partial charge in [0.1, 0.15) is 17.3 Å². The molecule has 708 valence electrons. The van der Waals surface area contributed by atoms with Crippen molar-refractivity contribution in [2.75, 3.05) is 6.61 Å². The SMILES string of the molecule is C.C.C.C.C.CC(=O)OOO.CC[C@]12CCC(=O)C[C@@H]1CC[C@@H]1[C@@H]2CC[C@]2(C)C(=O)CC[C@@H]12.CC[C@]12CC[C@@H](C)C[C@@H]1CC[C@H]1[C@@H]3CC[C@H](C#N)[C@@]3(C)CC[C@@H]12.CC[C@]12CC[C@@H](O)C[C@@H]1CC[C@@H]1[C@@H]2CC[C@]2(C)C(=O)CC[C@@H]12.CC[C@]12CC[C@@H](O)C[C@@H]1CC[C@H]1[C@@H]3CC[C@H](C#N)[C@@]3(C)CC[C@@H]12.C[C@]12CC[C@H]3[C@@H](CC[C@H]4C[C@H](O)CC[C@@]43CO)[C@@H]1CC[C@@H]2C#N.[K][K]. The zero-order valence-corrected chi connectivity index (χ0v) is 84.7. The Morgan fingerprint density at radius 1 is 0.373 bits per heavy atom. The van der Waals surface area contributed by atoms with Gasteiger partial charge in [0.25, 0.3) is 0 Å². The summed E-state index contributed by atoms with van der Waals surface area (Å²) in [5.41, 5.74) is 3.01. The minimum atomic E-state index is -0.683. The molecule has 20 fully saturated rings. The van der Waals surface area contributed by atoms with E-state index in [1.165, 1.54) is 256 Å². The van der Waals surface area contributed by atoms with Crippen LogP contribution in [-0.2, 0) is 29.1 Å². The Bertz CT molecular complexity index is 3530. The molecule has 0 radical (unpaired) electrons. The van der Waals surface area contributed by atoms with Gasteiger partial charge in [0.15, 0.2) is 0 Å². The first-order chi connectivity index (χ1) is 57.9. The molecule has 0 unspecified atom stereocenters. The molecule has 126 heavy (non-hydrogen) atoms. The van der Waals surface area contributed by atoms with Crippen LogP contribution in [0.3, 0.4) is 0 Å². The normalized spacial score (nSPS) is 49.2. The first kappa shape index (κ1) is 110. The zero-order valence-electron chi connectivity index (χ0n) is 78.5. The molecule has 20 aliphatic carbocycles. The maximum absolute atomic E-state index is 12.4. The summed E-state index contributed by atoms with van der Waals surface area (Å²) in [6.45, 7) is 25.4. The molecule has 20 saturated carbocycles. The molecule has 0 aromatic heterocycles. The van der Waals surface area contributed by atoms with Crippen LogP contribution >= 0.6 is 0 Å². The van der Waals surface area contributed by atoms with E-state index in [0.29, 0.717) is 110 Å². The van der Waals surface area contributed by atoms with Crippen molar-refractivity contribution in [3.63, 3.8) is 0 Å². The Morgan fingerprint density at radius 3 is 1.00 bits per heavy atom. The maximum atomic E-state index is 12.4. The molecule has 37 atom stereocenters. The van der Waals surface area contributed by atoms with Crippen LogP contribution in [0.1, 0.15) is 428 Å². The van der Waals surface area contributed by atoms with Crippen LogP contribution < -0.4 is 0 Å². The molecule has 20 rings (SSSR count). The molecule has 0 spiro atoms. The molecule has 16 heteroatoms. The average Bonchev–Trinajstić information content (AvgIpc) is 1.44. The number of ketones is 3. The van der Waals surface area contributed by atoms with Gasteiger partial charge in [-0.1, -0.05) is 113 Å². The topological polar surface area (TPSA) is 259 Å². The van der Waals surface area contributed by atoms with Gasteiger partial charge in [0, 0.05) is 50.0 Å². The van der Waals surface area contributed by atoms with E-state index in [2.05, 4.69) is 97.4 Å². The number of aliphatic hydroxyl groups is 4. The van der Waals surface area contributed by atoms with Gasteiger partial charge in [-0.3, -0.25) is 19.3 Å². The van der Waals surface area contributed by atoms with E-state index < -0.39 is 5.97 Å². The number of aliphatic hydroxyl groups excluding tert-OH is 4. The number of Topliss-reactive ketones (excluding diaryl/α,β-unsaturated/α-hetero) is 3. The summed E-state index contributed by atoms with van der Waals surface area (Å²) in [5.74, 6) is 18.2. The number of fused-ring (bicyclic) bond motifs is 25. The van der Waals surface area contributed by atoms with Crippen LogP contribution in [0.25, 0.3) is 0 Å². The van der Waals surface area contributed by atoms with Crippen molar-refractivity contribution in [3.8, 4) is 18.2 Å². The second kappa shape index (κ2) is 44.4. The number of carbonyl (C=O) groups excluding carboxylic acids is 4. The number of carbonyl (C=O) groups is 4. The number of nitrogens with zero attached hydrogens (tertiary/aromatic N) is 3. The first-order valence-electron chi connectivity index (χ1n) is 51.8. The molecule has 0 heterocycles. The summed E-state index contributed by atoms with van der Waals surface area (Å²) in [4.78, 5) is 49.8. The van der Waals surface area contributed by atoms with Crippen molar-refractivity contribution in [2.45, 2.75) is 446 Å². The monoisotopic (exact) mass is 1800 g/mol. The van der Waals surface area contributed by atoms with Gasteiger partial charge in [-0.15, -0.1) is 0 Å². The molecule has 0 saturated heterocycles. The molecule has 0 aliphatic heterocycles. The van der Waals surface area contributed by atoms with Crippen LogP contribution in [0.5, 0.6) is 0 Å². The quantitative estimate of drug-likeness (QED) is 0.0941. The summed E-state index contributed by atoms with van der Waals surface area (Å²) in [6, 6.07) is 7.94. The summed E-state index contributed by atoms with van der Waals surface area (Å²) < 4.78 is 0. The molecule has 20 aliphatic rings. The second-order valence-corrected chi connectivity index (χ2v) is 47.3. The van der Waals surface area contributed by atoms with E-state index in [1.54, 1.807) is 0 Å². The molecule has 0 bridgehead atoms. The van der Waals surface area contributed by atoms with Gasteiger partial charge in [-0.2, -0.15) is 15.8 Å².